The summed E-state index contributed by atoms with van der Waals surface area (Å²) in [4.78, 5) is 24.2. The summed E-state index contributed by atoms with van der Waals surface area (Å²) in [5.74, 6) is -0.437. The Morgan fingerprint density at radius 3 is 2.29 bits per heavy atom. The molecule has 0 saturated carbocycles. The Balaban J connectivity index is 2.09. The smallest absolute Gasteiger partial charge is 0.342 e. The average Bonchev–Trinajstić information content (AvgIpc) is 2.62. The summed E-state index contributed by atoms with van der Waals surface area (Å²) in [6.45, 7) is 3.70. The molecule has 24 heavy (non-hydrogen) atoms. The number of fused-ring (bicyclic) bond motifs is 1. The molecule has 0 spiro atoms. The molecule has 0 fully saturated rings. The lowest BCUT2D eigenvalue weighted by atomic mass is 10.1. The fourth-order valence-electron chi connectivity index (χ4n) is 2.52. The molecule has 0 bridgehead atoms. The molecule has 0 atom stereocenters. The molecular weight excluding hydrogens is 306 g/mol. The molecule has 5 nitrogen and oxygen atoms in total. The van der Waals surface area contributed by atoms with Crippen molar-refractivity contribution < 1.29 is 19.1 Å². The Labute approximate surface area is 141 Å². The number of benzene rings is 2. The number of ether oxygens (including phenoxy) is 2. The number of hydrogen-bond acceptors (Lipinski definition) is 4. The maximum Gasteiger partial charge on any atom is 0.342 e. The largest absolute Gasteiger partial charge is 0.496 e. The zero-order chi connectivity index (χ0) is 17.5. The summed E-state index contributed by atoms with van der Waals surface area (Å²) in [5, 5.41) is 4.71. The standard InChI is InChI=1S/C19H23NO4/c1-4-15(5-2)20-18(21)12-24-19(22)16-10-13-8-6-7-9-14(13)11-17(16)23-3/h6-11,15H,4-5,12H2,1-3H3,(H,20,21). The molecule has 2 aromatic carbocycles. The number of rotatable bonds is 7. The summed E-state index contributed by atoms with van der Waals surface area (Å²) in [6.07, 6.45) is 1.68. The molecule has 2 rings (SSSR count). The molecule has 128 valence electrons. The number of carbonyl (C=O) groups excluding carboxylic acids is 2. The summed E-state index contributed by atoms with van der Waals surface area (Å²) >= 11 is 0. The Bertz CT molecular complexity index is 722. The summed E-state index contributed by atoms with van der Waals surface area (Å²) < 4.78 is 10.4. The number of hydrogen-bond donors (Lipinski definition) is 1. The van der Waals surface area contributed by atoms with Gasteiger partial charge in [0.05, 0.1) is 7.11 Å². The fourth-order valence-corrected chi connectivity index (χ4v) is 2.52. The first-order valence-corrected chi connectivity index (χ1v) is 8.12. The number of esters is 1. The molecule has 5 heteroatoms. The molecule has 0 aliphatic heterocycles. The zero-order valence-electron chi connectivity index (χ0n) is 14.3. The third-order valence-electron chi connectivity index (χ3n) is 3.97. The van der Waals surface area contributed by atoms with Gasteiger partial charge >= 0.3 is 5.97 Å². The SMILES string of the molecule is CCC(CC)NC(=O)COC(=O)c1cc2ccccc2cc1OC. The van der Waals surface area contributed by atoms with Crippen molar-refractivity contribution in [3.05, 3.63) is 42.0 Å². The molecule has 0 aromatic heterocycles. The first kappa shape index (κ1) is 17.8. The van der Waals surface area contributed by atoms with Gasteiger partial charge in [-0.1, -0.05) is 38.1 Å². The normalized spacial score (nSPS) is 10.7. The molecule has 2 aromatic rings. The molecule has 0 aliphatic rings. The monoisotopic (exact) mass is 329 g/mol. The van der Waals surface area contributed by atoms with Crippen molar-refractivity contribution in [1.82, 2.24) is 5.32 Å². The van der Waals surface area contributed by atoms with E-state index in [1.54, 1.807) is 12.1 Å². The lowest BCUT2D eigenvalue weighted by Crippen LogP contribution is -2.36. The van der Waals surface area contributed by atoms with Gasteiger partial charge in [0.2, 0.25) is 0 Å². The molecule has 1 amide bonds. The van der Waals surface area contributed by atoms with Crippen LogP contribution in [0.25, 0.3) is 10.8 Å². The minimum absolute atomic E-state index is 0.103. The number of carbonyl (C=O) groups is 2. The third kappa shape index (κ3) is 4.25. The van der Waals surface area contributed by atoms with Crippen LogP contribution in [0.4, 0.5) is 0 Å². The topological polar surface area (TPSA) is 64.6 Å². The number of amides is 1. The van der Waals surface area contributed by atoms with Gasteiger partial charge in [0.1, 0.15) is 11.3 Å². The van der Waals surface area contributed by atoms with Crippen LogP contribution in [0.15, 0.2) is 36.4 Å². The van der Waals surface area contributed by atoms with Crippen LogP contribution in [0.5, 0.6) is 5.75 Å². The van der Waals surface area contributed by atoms with Crippen LogP contribution >= 0.6 is 0 Å². The molecule has 0 unspecified atom stereocenters. The lowest BCUT2D eigenvalue weighted by molar-refractivity contribution is -0.125. The van der Waals surface area contributed by atoms with Gasteiger partial charge in [0, 0.05) is 6.04 Å². The van der Waals surface area contributed by atoms with Gasteiger partial charge in [-0.2, -0.15) is 0 Å². The van der Waals surface area contributed by atoms with Crippen LogP contribution in [0.1, 0.15) is 37.0 Å². The van der Waals surface area contributed by atoms with E-state index in [1.807, 2.05) is 38.1 Å². The molecule has 0 saturated heterocycles. The van der Waals surface area contributed by atoms with Gasteiger partial charge in [0.25, 0.3) is 5.91 Å². The Kier molecular flexibility index (Phi) is 6.18. The Hall–Kier alpha value is -2.56. The minimum atomic E-state index is -0.572. The van der Waals surface area contributed by atoms with Crippen molar-refractivity contribution in [2.75, 3.05) is 13.7 Å². The Morgan fingerprint density at radius 1 is 1.08 bits per heavy atom. The highest BCUT2D eigenvalue weighted by Gasteiger charge is 2.17. The van der Waals surface area contributed by atoms with Gasteiger partial charge < -0.3 is 14.8 Å². The van der Waals surface area contributed by atoms with Crippen molar-refractivity contribution in [3.8, 4) is 5.75 Å². The van der Waals surface area contributed by atoms with Crippen molar-refractivity contribution in [2.45, 2.75) is 32.7 Å². The van der Waals surface area contributed by atoms with Crippen LogP contribution in [-0.2, 0) is 9.53 Å². The zero-order valence-corrected chi connectivity index (χ0v) is 14.3. The molecule has 0 aliphatic carbocycles. The van der Waals surface area contributed by atoms with E-state index < -0.39 is 5.97 Å². The first-order chi connectivity index (χ1) is 11.6. The fraction of sp³-hybridized carbons (Fsp3) is 0.368. The quantitative estimate of drug-likeness (QED) is 0.792. The van der Waals surface area contributed by atoms with Crippen LogP contribution in [-0.4, -0.2) is 31.6 Å². The van der Waals surface area contributed by atoms with Crippen molar-refractivity contribution in [1.29, 1.82) is 0 Å². The van der Waals surface area contributed by atoms with Gasteiger partial charge in [-0.25, -0.2) is 4.79 Å². The van der Waals surface area contributed by atoms with E-state index in [0.717, 1.165) is 23.6 Å². The highest BCUT2D eigenvalue weighted by Crippen LogP contribution is 2.26. The van der Waals surface area contributed by atoms with E-state index in [9.17, 15) is 9.59 Å². The summed E-state index contributed by atoms with van der Waals surface area (Å²) in [7, 11) is 1.50. The predicted octanol–water partition coefficient (Wildman–Crippen LogP) is 3.31. The molecule has 0 radical (unpaired) electrons. The van der Waals surface area contributed by atoms with Crippen molar-refractivity contribution in [3.63, 3.8) is 0 Å². The summed E-state index contributed by atoms with van der Waals surface area (Å²) in [6, 6.07) is 11.3. The van der Waals surface area contributed by atoms with E-state index in [4.69, 9.17) is 9.47 Å². The van der Waals surface area contributed by atoms with Gasteiger partial charge in [-0.15, -0.1) is 0 Å². The highest BCUT2D eigenvalue weighted by atomic mass is 16.5. The highest BCUT2D eigenvalue weighted by molar-refractivity contribution is 5.99. The number of methoxy groups -OCH3 is 1. The summed E-state index contributed by atoms with van der Waals surface area (Å²) in [5.41, 5.74) is 0.312. The number of nitrogens with one attached hydrogen (secondary N) is 1. The second-order valence-electron chi connectivity index (χ2n) is 5.56. The van der Waals surface area contributed by atoms with Gasteiger partial charge in [-0.3, -0.25) is 4.79 Å². The maximum atomic E-state index is 12.3. The first-order valence-electron chi connectivity index (χ1n) is 8.12. The van der Waals surface area contributed by atoms with Gasteiger partial charge in [0.15, 0.2) is 6.61 Å². The average molecular weight is 329 g/mol. The second-order valence-corrected chi connectivity index (χ2v) is 5.56. The predicted molar refractivity (Wildman–Crippen MR) is 93.3 cm³/mol. The molecule has 1 N–H and O–H groups in total. The second kappa shape index (κ2) is 8.34. The van der Waals surface area contributed by atoms with Crippen LogP contribution in [0.3, 0.4) is 0 Å². The minimum Gasteiger partial charge on any atom is -0.496 e. The molecule has 0 heterocycles. The lowest BCUT2D eigenvalue weighted by Gasteiger charge is -2.15. The maximum absolute atomic E-state index is 12.3. The van der Waals surface area contributed by atoms with E-state index in [0.29, 0.717) is 11.3 Å². The van der Waals surface area contributed by atoms with E-state index in [1.165, 1.54) is 7.11 Å². The van der Waals surface area contributed by atoms with Gasteiger partial charge in [-0.05, 0) is 35.7 Å². The van der Waals surface area contributed by atoms with Crippen LogP contribution < -0.4 is 10.1 Å². The van der Waals surface area contributed by atoms with E-state index in [2.05, 4.69) is 5.32 Å². The van der Waals surface area contributed by atoms with E-state index in [-0.39, 0.29) is 18.6 Å². The Morgan fingerprint density at radius 2 is 1.71 bits per heavy atom. The van der Waals surface area contributed by atoms with Crippen molar-refractivity contribution >= 4 is 22.6 Å². The van der Waals surface area contributed by atoms with Crippen LogP contribution in [0, 0.1) is 0 Å². The van der Waals surface area contributed by atoms with E-state index >= 15 is 0 Å². The molecular formula is C19H23NO4. The van der Waals surface area contributed by atoms with Crippen molar-refractivity contribution in [2.24, 2.45) is 0 Å². The third-order valence-corrected chi connectivity index (χ3v) is 3.97. The van der Waals surface area contributed by atoms with Crippen LogP contribution in [0.2, 0.25) is 0 Å².